The van der Waals surface area contributed by atoms with Crippen molar-refractivity contribution in [3.8, 4) is 0 Å². The van der Waals surface area contributed by atoms with Gasteiger partial charge in [0.25, 0.3) is 0 Å². The SMILES string of the molecule is c1ncn(Cc2cnc3n2CCN(CC2CCOC2)C3)n1. The van der Waals surface area contributed by atoms with Crippen LogP contribution in [-0.4, -0.2) is 55.5 Å². The molecule has 0 spiro atoms. The van der Waals surface area contributed by atoms with Gasteiger partial charge in [0, 0.05) is 26.2 Å². The normalized spacial score (nSPS) is 22.6. The molecule has 7 nitrogen and oxygen atoms in total. The maximum Gasteiger partial charge on any atom is 0.137 e. The molecule has 0 aromatic carbocycles. The van der Waals surface area contributed by atoms with Crippen LogP contribution in [0.2, 0.25) is 0 Å². The Bertz CT molecular complexity index is 587. The van der Waals surface area contributed by atoms with Crippen LogP contribution in [0.3, 0.4) is 0 Å². The first-order valence-corrected chi connectivity index (χ1v) is 7.54. The lowest BCUT2D eigenvalue weighted by Crippen LogP contribution is -2.37. The number of ether oxygens (including phenoxy) is 1. The Labute approximate surface area is 123 Å². The molecule has 1 fully saturated rings. The van der Waals surface area contributed by atoms with Crippen LogP contribution in [0.25, 0.3) is 0 Å². The highest BCUT2D eigenvalue weighted by Crippen LogP contribution is 2.19. The van der Waals surface area contributed by atoms with Crippen LogP contribution in [0.15, 0.2) is 18.9 Å². The summed E-state index contributed by atoms with van der Waals surface area (Å²) in [5.41, 5.74) is 1.21. The van der Waals surface area contributed by atoms with Gasteiger partial charge in [-0.25, -0.2) is 14.6 Å². The lowest BCUT2D eigenvalue weighted by molar-refractivity contribution is 0.151. The van der Waals surface area contributed by atoms with Crippen molar-refractivity contribution in [2.24, 2.45) is 5.92 Å². The Morgan fingerprint density at radius 1 is 1.33 bits per heavy atom. The molecule has 0 saturated carbocycles. The van der Waals surface area contributed by atoms with Crippen LogP contribution in [0.5, 0.6) is 0 Å². The van der Waals surface area contributed by atoms with E-state index in [0.717, 1.165) is 51.8 Å². The van der Waals surface area contributed by atoms with Crippen LogP contribution in [0.1, 0.15) is 17.9 Å². The van der Waals surface area contributed by atoms with Gasteiger partial charge < -0.3 is 9.30 Å². The molecule has 1 unspecified atom stereocenters. The maximum absolute atomic E-state index is 5.47. The third-order valence-corrected chi connectivity index (χ3v) is 4.36. The van der Waals surface area contributed by atoms with Gasteiger partial charge >= 0.3 is 0 Å². The highest BCUT2D eigenvalue weighted by molar-refractivity contribution is 5.08. The van der Waals surface area contributed by atoms with Crippen molar-refractivity contribution in [3.05, 3.63) is 30.4 Å². The molecular formula is C14H20N6O. The predicted molar refractivity (Wildman–Crippen MR) is 75.6 cm³/mol. The zero-order chi connectivity index (χ0) is 14.1. The summed E-state index contributed by atoms with van der Waals surface area (Å²) in [5, 5.41) is 4.16. The Morgan fingerprint density at radius 2 is 2.33 bits per heavy atom. The van der Waals surface area contributed by atoms with E-state index in [2.05, 4.69) is 24.5 Å². The van der Waals surface area contributed by atoms with Gasteiger partial charge in [-0.3, -0.25) is 4.90 Å². The maximum atomic E-state index is 5.47. The molecule has 2 aromatic rings. The van der Waals surface area contributed by atoms with Crippen molar-refractivity contribution >= 4 is 0 Å². The molecule has 1 saturated heterocycles. The summed E-state index contributed by atoms with van der Waals surface area (Å²) >= 11 is 0. The van der Waals surface area contributed by atoms with Crippen LogP contribution < -0.4 is 0 Å². The lowest BCUT2D eigenvalue weighted by atomic mass is 10.1. The van der Waals surface area contributed by atoms with Gasteiger partial charge in [-0.2, -0.15) is 5.10 Å². The fourth-order valence-electron chi connectivity index (χ4n) is 3.23. The highest BCUT2D eigenvalue weighted by Gasteiger charge is 2.24. The molecule has 4 heterocycles. The quantitative estimate of drug-likeness (QED) is 0.814. The van der Waals surface area contributed by atoms with Crippen LogP contribution in [0, 0.1) is 5.92 Å². The average Bonchev–Trinajstić information content (AvgIpc) is 3.22. The largest absolute Gasteiger partial charge is 0.381 e. The monoisotopic (exact) mass is 288 g/mol. The molecule has 2 aliphatic rings. The minimum absolute atomic E-state index is 0.695. The van der Waals surface area contributed by atoms with Crippen molar-refractivity contribution in [3.63, 3.8) is 0 Å². The molecule has 7 heteroatoms. The van der Waals surface area contributed by atoms with E-state index < -0.39 is 0 Å². The molecule has 21 heavy (non-hydrogen) atoms. The molecule has 0 amide bonds. The molecular weight excluding hydrogens is 268 g/mol. The zero-order valence-corrected chi connectivity index (χ0v) is 12.1. The predicted octanol–water partition coefficient (Wildman–Crippen LogP) is 0.375. The molecule has 2 aromatic heterocycles. The van der Waals surface area contributed by atoms with Gasteiger partial charge in [0.2, 0.25) is 0 Å². The van der Waals surface area contributed by atoms with Crippen molar-refractivity contribution in [1.29, 1.82) is 0 Å². The molecule has 0 N–H and O–H groups in total. The topological polar surface area (TPSA) is 61.0 Å². The number of hydrogen-bond donors (Lipinski definition) is 0. The molecule has 0 aliphatic carbocycles. The second-order valence-electron chi connectivity index (χ2n) is 5.88. The van der Waals surface area contributed by atoms with E-state index in [0.29, 0.717) is 5.92 Å². The average molecular weight is 288 g/mol. The molecule has 2 aliphatic heterocycles. The number of hydrogen-bond acceptors (Lipinski definition) is 5. The van der Waals surface area contributed by atoms with E-state index in [9.17, 15) is 0 Å². The van der Waals surface area contributed by atoms with E-state index in [1.165, 1.54) is 12.1 Å². The van der Waals surface area contributed by atoms with Crippen molar-refractivity contribution in [2.45, 2.75) is 26.1 Å². The zero-order valence-electron chi connectivity index (χ0n) is 12.1. The van der Waals surface area contributed by atoms with Gasteiger partial charge in [-0.05, 0) is 12.3 Å². The van der Waals surface area contributed by atoms with Crippen LogP contribution >= 0.6 is 0 Å². The standard InChI is InChI=1S/C14H20N6O/c1-4-21-9-12(1)6-18-2-3-20-13(5-16-14(20)8-18)7-19-11-15-10-17-19/h5,10-12H,1-4,6-9H2. The van der Waals surface area contributed by atoms with Crippen molar-refractivity contribution < 1.29 is 4.74 Å². The summed E-state index contributed by atoms with van der Waals surface area (Å²) in [6, 6.07) is 0. The summed E-state index contributed by atoms with van der Waals surface area (Å²) in [4.78, 5) is 11.1. The number of imidazole rings is 1. The van der Waals surface area contributed by atoms with Crippen LogP contribution in [0.4, 0.5) is 0 Å². The van der Waals surface area contributed by atoms with E-state index >= 15 is 0 Å². The third-order valence-electron chi connectivity index (χ3n) is 4.36. The first kappa shape index (κ1) is 13.0. The van der Waals surface area contributed by atoms with E-state index in [-0.39, 0.29) is 0 Å². The first-order valence-electron chi connectivity index (χ1n) is 7.54. The number of nitrogens with zero attached hydrogens (tertiary/aromatic N) is 6. The lowest BCUT2D eigenvalue weighted by Gasteiger charge is -2.30. The summed E-state index contributed by atoms with van der Waals surface area (Å²) < 4.78 is 9.63. The fourth-order valence-corrected chi connectivity index (χ4v) is 3.23. The van der Waals surface area contributed by atoms with Gasteiger partial charge in [0.1, 0.15) is 18.5 Å². The summed E-state index contributed by atoms with van der Waals surface area (Å²) in [6.07, 6.45) is 6.48. The van der Waals surface area contributed by atoms with Crippen molar-refractivity contribution in [2.75, 3.05) is 26.3 Å². The second kappa shape index (κ2) is 5.57. The Kier molecular flexibility index (Phi) is 3.44. The van der Waals surface area contributed by atoms with Gasteiger partial charge in [-0.15, -0.1) is 0 Å². The van der Waals surface area contributed by atoms with E-state index in [1.807, 2.05) is 10.9 Å². The highest BCUT2D eigenvalue weighted by atomic mass is 16.5. The second-order valence-corrected chi connectivity index (χ2v) is 5.88. The number of rotatable bonds is 4. The van der Waals surface area contributed by atoms with E-state index in [4.69, 9.17) is 4.74 Å². The van der Waals surface area contributed by atoms with Gasteiger partial charge in [0.15, 0.2) is 0 Å². The Balaban J connectivity index is 1.43. The summed E-state index contributed by atoms with van der Waals surface area (Å²) in [7, 11) is 0. The van der Waals surface area contributed by atoms with Crippen LogP contribution in [-0.2, 0) is 24.4 Å². The Morgan fingerprint density at radius 3 is 3.14 bits per heavy atom. The number of fused-ring (bicyclic) bond motifs is 1. The minimum Gasteiger partial charge on any atom is -0.381 e. The van der Waals surface area contributed by atoms with Crippen molar-refractivity contribution in [1.82, 2.24) is 29.2 Å². The first-order chi connectivity index (χ1) is 10.4. The molecule has 1 atom stereocenters. The summed E-state index contributed by atoms with van der Waals surface area (Å²) in [6.45, 7) is 6.75. The number of aromatic nitrogens is 5. The van der Waals surface area contributed by atoms with Gasteiger partial charge in [0.05, 0.1) is 31.6 Å². The van der Waals surface area contributed by atoms with Gasteiger partial charge in [-0.1, -0.05) is 0 Å². The molecule has 112 valence electrons. The minimum atomic E-state index is 0.695. The molecule has 0 bridgehead atoms. The van der Waals surface area contributed by atoms with E-state index in [1.54, 1.807) is 12.7 Å². The third kappa shape index (κ3) is 2.71. The fraction of sp³-hybridized carbons (Fsp3) is 0.643. The molecule has 4 rings (SSSR count). The smallest absolute Gasteiger partial charge is 0.137 e. The summed E-state index contributed by atoms with van der Waals surface area (Å²) in [5.74, 6) is 1.86. The molecule has 0 radical (unpaired) electrons. The Hall–Kier alpha value is -1.73.